The highest BCUT2D eigenvalue weighted by molar-refractivity contribution is 5.93. The summed E-state index contributed by atoms with van der Waals surface area (Å²) >= 11 is 0. The highest BCUT2D eigenvalue weighted by Crippen LogP contribution is 2.30. The molecule has 20 heavy (non-hydrogen) atoms. The van der Waals surface area contributed by atoms with Gasteiger partial charge in [0.2, 0.25) is 0 Å². The Bertz CT molecular complexity index is 559. The third kappa shape index (κ3) is 4.31. The summed E-state index contributed by atoms with van der Waals surface area (Å²) in [6.45, 7) is 1.68. The first kappa shape index (κ1) is 15.6. The summed E-state index contributed by atoms with van der Waals surface area (Å²) in [5.41, 5.74) is -1.05. The summed E-state index contributed by atoms with van der Waals surface area (Å²) in [5.74, 6) is -0.838. The second kappa shape index (κ2) is 6.61. The number of carbonyl (C=O) groups is 1. The van der Waals surface area contributed by atoms with Crippen molar-refractivity contribution in [1.29, 1.82) is 5.26 Å². The number of nitrogens with one attached hydrogen (secondary N) is 1. The van der Waals surface area contributed by atoms with E-state index in [9.17, 15) is 18.0 Å². The summed E-state index contributed by atoms with van der Waals surface area (Å²) < 4.78 is 42.1. The van der Waals surface area contributed by atoms with E-state index in [-0.39, 0.29) is 17.9 Å². The van der Waals surface area contributed by atoms with E-state index in [1.54, 1.807) is 13.0 Å². The fourth-order valence-electron chi connectivity index (χ4n) is 1.29. The normalized spacial score (nSPS) is 11.7. The number of ether oxygens (including phenoxy) is 1. The molecule has 0 bridgehead atoms. The van der Waals surface area contributed by atoms with Gasteiger partial charge in [0.25, 0.3) is 0 Å². The molecule has 0 amide bonds. The molecule has 0 heterocycles. The van der Waals surface area contributed by atoms with Crippen molar-refractivity contribution in [3.05, 3.63) is 41.6 Å². The Morgan fingerprint density at radius 3 is 2.75 bits per heavy atom. The molecule has 1 N–H and O–H groups in total. The quantitative estimate of drug-likeness (QED) is 0.524. The maximum Gasteiger partial charge on any atom is 0.416 e. The number of hydrogen-bond donors (Lipinski definition) is 1. The van der Waals surface area contributed by atoms with Crippen LogP contribution in [0.5, 0.6) is 0 Å². The number of esters is 1. The van der Waals surface area contributed by atoms with Crippen molar-refractivity contribution in [2.24, 2.45) is 0 Å². The zero-order chi connectivity index (χ0) is 15.2. The number of rotatable bonds is 4. The van der Waals surface area contributed by atoms with Crippen molar-refractivity contribution in [2.45, 2.75) is 13.1 Å². The van der Waals surface area contributed by atoms with Crippen molar-refractivity contribution >= 4 is 11.7 Å². The van der Waals surface area contributed by atoms with Crippen molar-refractivity contribution < 1.29 is 22.7 Å². The van der Waals surface area contributed by atoms with E-state index in [1.807, 2.05) is 0 Å². The Balaban J connectivity index is 2.89. The van der Waals surface area contributed by atoms with Crippen LogP contribution < -0.4 is 5.32 Å². The third-order valence-corrected chi connectivity index (χ3v) is 2.19. The van der Waals surface area contributed by atoms with Crippen molar-refractivity contribution in [3.63, 3.8) is 0 Å². The van der Waals surface area contributed by atoms with Crippen LogP contribution >= 0.6 is 0 Å². The van der Waals surface area contributed by atoms with E-state index >= 15 is 0 Å². The second-order valence-electron chi connectivity index (χ2n) is 3.61. The molecule has 0 fully saturated rings. The summed E-state index contributed by atoms with van der Waals surface area (Å²) in [4.78, 5) is 11.3. The van der Waals surface area contributed by atoms with Gasteiger partial charge in [-0.3, -0.25) is 0 Å². The maximum absolute atomic E-state index is 12.5. The molecule has 0 aliphatic heterocycles. The predicted octanol–water partition coefficient (Wildman–Crippen LogP) is 3.09. The van der Waals surface area contributed by atoms with E-state index in [0.717, 1.165) is 18.3 Å². The van der Waals surface area contributed by atoms with Crippen LogP contribution in [0.3, 0.4) is 0 Å². The lowest BCUT2D eigenvalue weighted by molar-refractivity contribution is -0.138. The number of alkyl halides is 3. The Hall–Kier alpha value is -2.49. The highest BCUT2D eigenvalue weighted by atomic mass is 19.4. The molecular formula is C13H11F3N2O2. The van der Waals surface area contributed by atoms with Gasteiger partial charge in [-0.15, -0.1) is 0 Å². The van der Waals surface area contributed by atoms with Gasteiger partial charge in [0.05, 0.1) is 12.2 Å². The van der Waals surface area contributed by atoms with Crippen LogP contribution in [-0.4, -0.2) is 12.6 Å². The smallest absolute Gasteiger partial charge is 0.416 e. The Kier molecular flexibility index (Phi) is 5.15. The standard InChI is InChI=1S/C13H11F3N2O2/c1-2-20-12(19)9(7-17)8-18-11-5-3-4-10(6-11)13(14,15)16/h3-6,8,18H,2H2,1H3/b9-8-. The first-order valence-electron chi connectivity index (χ1n) is 5.59. The van der Waals surface area contributed by atoms with Gasteiger partial charge in [-0.05, 0) is 25.1 Å². The SMILES string of the molecule is CCOC(=O)/C(C#N)=C\Nc1cccc(C(F)(F)F)c1. The largest absolute Gasteiger partial charge is 0.462 e. The first-order chi connectivity index (χ1) is 9.38. The van der Waals surface area contributed by atoms with Gasteiger partial charge >= 0.3 is 12.1 Å². The molecule has 0 spiro atoms. The predicted molar refractivity (Wildman–Crippen MR) is 65.4 cm³/mol. The van der Waals surface area contributed by atoms with E-state index in [1.165, 1.54) is 12.1 Å². The summed E-state index contributed by atoms with van der Waals surface area (Å²) in [6, 6.07) is 6.00. The lowest BCUT2D eigenvalue weighted by Crippen LogP contribution is -2.08. The number of nitrogens with zero attached hydrogens (tertiary/aromatic N) is 1. The molecule has 0 aromatic heterocycles. The molecule has 1 rings (SSSR count). The van der Waals surface area contributed by atoms with Gasteiger partial charge in [0.1, 0.15) is 6.07 Å². The molecule has 4 nitrogen and oxygen atoms in total. The number of carbonyl (C=O) groups excluding carboxylic acids is 1. The summed E-state index contributed by atoms with van der Waals surface area (Å²) in [5, 5.41) is 11.2. The van der Waals surface area contributed by atoms with Crippen LogP contribution in [0.25, 0.3) is 0 Å². The van der Waals surface area contributed by atoms with Crippen LogP contribution in [0.15, 0.2) is 36.0 Å². The van der Waals surface area contributed by atoms with Crippen LogP contribution in [0.4, 0.5) is 18.9 Å². The highest BCUT2D eigenvalue weighted by Gasteiger charge is 2.30. The Labute approximate surface area is 113 Å². The van der Waals surface area contributed by atoms with Crippen LogP contribution in [0.1, 0.15) is 12.5 Å². The minimum atomic E-state index is -4.46. The number of benzene rings is 1. The van der Waals surface area contributed by atoms with E-state index in [0.29, 0.717) is 0 Å². The minimum absolute atomic E-state index is 0.0986. The molecule has 0 saturated carbocycles. The van der Waals surface area contributed by atoms with Gasteiger partial charge in [-0.2, -0.15) is 18.4 Å². The average Bonchev–Trinajstić information content (AvgIpc) is 2.39. The zero-order valence-electron chi connectivity index (χ0n) is 10.5. The van der Waals surface area contributed by atoms with Gasteiger partial charge < -0.3 is 10.1 Å². The van der Waals surface area contributed by atoms with Gasteiger partial charge in [-0.1, -0.05) is 6.07 Å². The lowest BCUT2D eigenvalue weighted by atomic mass is 10.2. The van der Waals surface area contributed by atoms with Gasteiger partial charge in [-0.25, -0.2) is 4.79 Å². The third-order valence-electron chi connectivity index (χ3n) is 2.19. The van der Waals surface area contributed by atoms with Crippen LogP contribution in [0.2, 0.25) is 0 Å². The van der Waals surface area contributed by atoms with Crippen molar-refractivity contribution in [1.82, 2.24) is 0 Å². The lowest BCUT2D eigenvalue weighted by Gasteiger charge is -2.08. The van der Waals surface area contributed by atoms with Crippen LogP contribution in [-0.2, 0) is 15.7 Å². The average molecular weight is 284 g/mol. The topological polar surface area (TPSA) is 62.1 Å². The maximum atomic E-state index is 12.5. The molecule has 0 atom stereocenters. The zero-order valence-corrected chi connectivity index (χ0v) is 10.5. The van der Waals surface area contributed by atoms with E-state index in [4.69, 9.17) is 5.26 Å². The molecule has 0 saturated heterocycles. The number of halogens is 3. The fourth-order valence-corrected chi connectivity index (χ4v) is 1.29. The van der Waals surface area contributed by atoms with Gasteiger partial charge in [0.15, 0.2) is 5.57 Å². The molecule has 0 radical (unpaired) electrons. The molecule has 0 unspecified atom stereocenters. The molecule has 1 aromatic carbocycles. The molecule has 106 valence electrons. The van der Waals surface area contributed by atoms with E-state index < -0.39 is 17.7 Å². The molecule has 0 aliphatic rings. The monoisotopic (exact) mass is 284 g/mol. The first-order valence-corrected chi connectivity index (χ1v) is 5.59. The molecule has 0 aliphatic carbocycles. The van der Waals surface area contributed by atoms with Crippen molar-refractivity contribution in [2.75, 3.05) is 11.9 Å². The van der Waals surface area contributed by atoms with E-state index in [2.05, 4.69) is 10.1 Å². The van der Waals surface area contributed by atoms with Crippen LogP contribution in [0, 0.1) is 11.3 Å². The van der Waals surface area contributed by atoms with Gasteiger partial charge in [0, 0.05) is 11.9 Å². The molecule has 1 aromatic rings. The number of nitriles is 1. The number of anilines is 1. The second-order valence-corrected chi connectivity index (χ2v) is 3.61. The Morgan fingerprint density at radius 2 is 2.20 bits per heavy atom. The minimum Gasteiger partial charge on any atom is -0.462 e. The number of hydrogen-bond acceptors (Lipinski definition) is 4. The fraction of sp³-hybridized carbons (Fsp3) is 0.231. The van der Waals surface area contributed by atoms with Crippen molar-refractivity contribution in [3.8, 4) is 6.07 Å². The Morgan fingerprint density at radius 1 is 1.50 bits per heavy atom. The molecule has 7 heteroatoms. The molecular weight excluding hydrogens is 273 g/mol. The summed E-state index contributed by atoms with van der Waals surface area (Å²) in [6.07, 6.45) is -3.45. The summed E-state index contributed by atoms with van der Waals surface area (Å²) in [7, 11) is 0.